The molecule has 0 aromatic heterocycles. The van der Waals surface area contributed by atoms with Crippen LogP contribution >= 0.6 is 11.6 Å². The minimum atomic E-state index is -0.750. The molecule has 2 rings (SSSR count). The summed E-state index contributed by atoms with van der Waals surface area (Å²) in [4.78, 5) is 25.2. The van der Waals surface area contributed by atoms with Crippen LogP contribution in [0.25, 0.3) is 0 Å². The Morgan fingerprint density at radius 2 is 2.14 bits per heavy atom. The summed E-state index contributed by atoms with van der Waals surface area (Å²) < 4.78 is 0. The summed E-state index contributed by atoms with van der Waals surface area (Å²) in [6.45, 7) is 3.55. The summed E-state index contributed by atoms with van der Waals surface area (Å²) >= 11 is 5.98. The molecule has 0 amide bonds. The normalized spacial score (nSPS) is 18.5. The number of ketones is 1. The Balaban J connectivity index is 1.87. The lowest BCUT2D eigenvalue weighted by atomic mass is 10.0. The molecule has 1 aliphatic rings. The number of aliphatic carboxylic acids is 1. The van der Waals surface area contributed by atoms with Gasteiger partial charge in [-0.1, -0.05) is 11.6 Å². The number of hydrogen-bond acceptors (Lipinski definition) is 3. The highest BCUT2D eigenvalue weighted by Crippen LogP contribution is 2.22. The van der Waals surface area contributed by atoms with Gasteiger partial charge in [0, 0.05) is 36.0 Å². The molecule has 1 heterocycles. The number of carbonyl (C=O) groups excluding carboxylic acids is 1. The van der Waals surface area contributed by atoms with Crippen LogP contribution in [0.15, 0.2) is 18.2 Å². The Kier molecular flexibility index (Phi) is 5.98. The van der Waals surface area contributed by atoms with Crippen LogP contribution in [0.3, 0.4) is 0 Å². The second kappa shape index (κ2) is 7.75. The monoisotopic (exact) mass is 323 g/mol. The number of benzene rings is 1. The number of carboxylic acids is 1. The summed E-state index contributed by atoms with van der Waals surface area (Å²) in [5.74, 6) is -0.636. The standard InChI is InChI=1S/C17H22ClNO3/c1-12-11-13(4-6-15(12)18)16(20)8-10-19-9-2-3-14(19)5-7-17(21)22/h4,6,11,14H,2-3,5,7-10H2,1H3,(H,21,22). The third-order valence-corrected chi connectivity index (χ3v) is 4.72. The summed E-state index contributed by atoms with van der Waals surface area (Å²) in [6.07, 6.45) is 3.44. The molecule has 1 saturated heterocycles. The number of nitrogens with zero attached hydrogens (tertiary/aromatic N) is 1. The van der Waals surface area contributed by atoms with E-state index in [1.807, 2.05) is 13.0 Å². The van der Waals surface area contributed by atoms with Crippen LogP contribution in [-0.4, -0.2) is 40.9 Å². The second-order valence-electron chi connectivity index (χ2n) is 5.90. The first-order valence-corrected chi connectivity index (χ1v) is 8.10. The van der Waals surface area contributed by atoms with Gasteiger partial charge in [-0.2, -0.15) is 0 Å². The first-order valence-electron chi connectivity index (χ1n) is 7.72. The predicted octanol–water partition coefficient (Wildman–Crippen LogP) is 3.55. The minimum Gasteiger partial charge on any atom is -0.481 e. The van der Waals surface area contributed by atoms with Crippen LogP contribution in [-0.2, 0) is 4.79 Å². The Hall–Kier alpha value is -1.39. The molecular formula is C17H22ClNO3. The van der Waals surface area contributed by atoms with Crippen molar-refractivity contribution in [2.45, 2.75) is 45.1 Å². The van der Waals surface area contributed by atoms with Gasteiger partial charge in [-0.05, 0) is 56.5 Å². The number of carboxylic acid groups (broad SMARTS) is 1. The van der Waals surface area contributed by atoms with Crippen molar-refractivity contribution < 1.29 is 14.7 Å². The van der Waals surface area contributed by atoms with Crippen molar-refractivity contribution in [3.63, 3.8) is 0 Å². The number of hydrogen-bond donors (Lipinski definition) is 1. The quantitative estimate of drug-likeness (QED) is 0.780. The van der Waals surface area contributed by atoms with Gasteiger partial charge in [0.05, 0.1) is 0 Å². The van der Waals surface area contributed by atoms with Gasteiger partial charge in [0.25, 0.3) is 0 Å². The zero-order chi connectivity index (χ0) is 16.1. The van der Waals surface area contributed by atoms with Crippen LogP contribution in [0.4, 0.5) is 0 Å². The summed E-state index contributed by atoms with van der Waals surface area (Å²) in [5, 5.41) is 9.46. The molecule has 1 aromatic rings. The number of halogens is 1. The van der Waals surface area contributed by atoms with Gasteiger partial charge in [-0.15, -0.1) is 0 Å². The van der Waals surface area contributed by atoms with Crippen molar-refractivity contribution in [3.05, 3.63) is 34.3 Å². The molecule has 120 valence electrons. The Labute approximate surface area is 136 Å². The molecule has 1 atom stereocenters. The molecule has 0 bridgehead atoms. The maximum atomic E-state index is 12.3. The molecule has 1 N–H and O–H groups in total. The zero-order valence-electron chi connectivity index (χ0n) is 12.8. The van der Waals surface area contributed by atoms with Gasteiger partial charge in [-0.3, -0.25) is 14.5 Å². The lowest BCUT2D eigenvalue weighted by Gasteiger charge is -2.23. The highest BCUT2D eigenvalue weighted by atomic mass is 35.5. The van der Waals surface area contributed by atoms with Crippen molar-refractivity contribution in [2.24, 2.45) is 0 Å². The van der Waals surface area contributed by atoms with E-state index in [-0.39, 0.29) is 12.2 Å². The van der Waals surface area contributed by atoms with Crippen molar-refractivity contribution >= 4 is 23.4 Å². The molecule has 0 aliphatic carbocycles. The fourth-order valence-corrected chi connectivity index (χ4v) is 3.13. The minimum absolute atomic E-state index is 0.114. The molecular weight excluding hydrogens is 302 g/mol. The van der Waals surface area contributed by atoms with Crippen LogP contribution in [0.5, 0.6) is 0 Å². The van der Waals surface area contributed by atoms with E-state index in [0.717, 1.165) is 24.9 Å². The van der Waals surface area contributed by atoms with Gasteiger partial charge >= 0.3 is 5.97 Å². The van der Waals surface area contributed by atoms with E-state index < -0.39 is 5.97 Å². The number of rotatable bonds is 7. The number of aryl methyl sites for hydroxylation is 1. The van der Waals surface area contributed by atoms with Gasteiger partial charge < -0.3 is 5.11 Å². The maximum Gasteiger partial charge on any atom is 0.303 e. The highest BCUT2D eigenvalue weighted by molar-refractivity contribution is 6.31. The fraction of sp³-hybridized carbons (Fsp3) is 0.529. The van der Waals surface area contributed by atoms with E-state index in [1.165, 1.54) is 0 Å². The Morgan fingerprint density at radius 1 is 1.36 bits per heavy atom. The first-order chi connectivity index (χ1) is 10.5. The van der Waals surface area contributed by atoms with E-state index in [2.05, 4.69) is 4.90 Å². The molecule has 1 fully saturated rings. The molecule has 1 aromatic carbocycles. The molecule has 4 nitrogen and oxygen atoms in total. The van der Waals surface area contributed by atoms with Gasteiger partial charge in [0.1, 0.15) is 0 Å². The number of carbonyl (C=O) groups is 2. The van der Waals surface area contributed by atoms with Gasteiger partial charge in [-0.25, -0.2) is 0 Å². The van der Waals surface area contributed by atoms with Crippen molar-refractivity contribution in [2.75, 3.05) is 13.1 Å². The smallest absolute Gasteiger partial charge is 0.303 e. The molecule has 1 aliphatic heterocycles. The van der Waals surface area contributed by atoms with Crippen LogP contribution in [0.1, 0.15) is 48.0 Å². The Morgan fingerprint density at radius 3 is 2.82 bits per heavy atom. The third-order valence-electron chi connectivity index (χ3n) is 4.30. The lowest BCUT2D eigenvalue weighted by Crippen LogP contribution is -2.32. The van der Waals surface area contributed by atoms with E-state index in [1.54, 1.807) is 12.1 Å². The third kappa shape index (κ3) is 4.55. The van der Waals surface area contributed by atoms with Crippen molar-refractivity contribution in [1.29, 1.82) is 0 Å². The second-order valence-corrected chi connectivity index (χ2v) is 6.31. The first kappa shape index (κ1) is 17.0. The topological polar surface area (TPSA) is 57.6 Å². The molecule has 5 heteroatoms. The van der Waals surface area contributed by atoms with Gasteiger partial charge in [0.15, 0.2) is 5.78 Å². The lowest BCUT2D eigenvalue weighted by molar-refractivity contribution is -0.137. The van der Waals surface area contributed by atoms with Crippen LogP contribution in [0.2, 0.25) is 5.02 Å². The molecule has 1 unspecified atom stereocenters. The summed E-state index contributed by atoms with van der Waals surface area (Å²) in [7, 11) is 0. The number of likely N-dealkylation sites (tertiary alicyclic amines) is 1. The SMILES string of the molecule is Cc1cc(C(=O)CCN2CCCC2CCC(=O)O)ccc1Cl. The molecule has 0 saturated carbocycles. The largest absolute Gasteiger partial charge is 0.481 e. The van der Waals surface area contributed by atoms with Gasteiger partial charge in [0.2, 0.25) is 0 Å². The number of Topliss-reactive ketones (excluding diaryl/α,β-unsaturated/α-hetero) is 1. The maximum absolute atomic E-state index is 12.3. The molecule has 0 radical (unpaired) electrons. The highest BCUT2D eigenvalue weighted by Gasteiger charge is 2.25. The summed E-state index contributed by atoms with van der Waals surface area (Å²) in [5.41, 5.74) is 1.61. The summed E-state index contributed by atoms with van der Waals surface area (Å²) in [6, 6.07) is 5.66. The van der Waals surface area contributed by atoms with E-state index >= 15 is 0 Å². The van der Waals surface area contributed by atoms with Crippen LogP contribution < -0.4 is 0 Å². The average Bonchev–Trinajstić information content (AvgIpc) is 2.93. The van der Waals surface area contributed by atoms with E-state index in [9.17, 15) is 9.59 Å². The Bertz CT molecular complexity index is 559. The zero-order valence-corrected chi connectivity index (χ0v) is 13.6. The molecule has 0 spiro atoms. The predicted molar refractivity (Wildman–Crippen MR) is 86.6 cm³/mol. The van der Waals surface area contributed by atoms with Crippen LogP contribution in [0, 0.1) is 6.92 Å². The average molecular weight is 324 g/mol. The van der Waals surface area contributed by atoms with Crippen molar-refractivity contribution in [3.8, 4) is 0 Å². The van der Waals surface area contributed by atoms with E-state index in [0.29, 0.717) is 36.0 Å². The van der Waals surface area contributed by atoms with Crippen molar-refractivity contribution in [1.82, 2.24) is 4.90 Å². The fourth-order valence-electron chi connectivity index (χ4n) is 3.01. The van der Waals surface area contributed by atoms with E-state index in [4.69, 9.17) is 16.7 Å². The molecule has 22 heavy (non-hydrogen) atoms.